The van der Waals surface area contributed by atoms with E-state index in [1.165, 1.54) is 31.2 Å². The first-order valence-corrected chi connectivity index (χ1v) is 7.17. The van der Waals surface area contributed by atoms with Crippen molar-refractivity contribution in [2.75, 3.05) is 0 Å². The molecule has 1 aliphatic rings. The van der Waals surface area contributed by atoms with Gasteiger partial charge in [0.05, 0.1) is 17.2 Å². The van der Waals surface area contributed by atoms with Gasteiger partial charge in [-0.25, -0.2) is 0 Å². The summed E-state index contributed by atoms with van der Waals surface area (Å²) < 4.78 is 3.07. The fourth-order valence-electron chi connectivity index (χ4n) is 3.18. The van der Waals surface area contributed by atoms with Crippen LogP contribution in [0.15, 0.2) is 18.5 Å². The molecule has 0 radical (unpaired) electrons. The largest absolute Gasteiger partial charge is 0.329 e. The van der Waals surface area contributed by atoms with Crippen molar-refractivity contribution in [2.24, 2.45) is 11.8 Å². The van der Waals surface area contributed by atoms with Crippen molar-refractivity contribution in [3.05, 3.63) is 23.2 Å². The summed E-state index contributed by atoms with van der Waals surface area (Å²) in [6, 6.07) is 2.05. The zero-order chi connectivity index (χ0) is 12.5. The Hall–Kier alpha value is -1.16. The van der Waals surface area contributed by atoms with Crippen LogP contribution in [-0.2, 0) is 6.54 Å². The molecule has 1 aliphatic carbocycles. The van der Waals surface area contributed by atoms with Crippen LogP contribution in [0.1, 0.15) is 32.6 Å². The maximum Gasteiger partial charge on any atom is 0.178 e. The van der Waals surface area contributed by atoms with Crippen LogP contribution in [0, 0.1) is 16.6 Å². The summed E-state index contributed by atoms with van der Waals surface area (Å²) >= 11 is 5.43. The second kappa shape index (κ2) is 4.84. The number of rotatable bonds is 2. The van der Waals surface area contributed by atoms with Crippen LogP contribution in [0.3, 0.4) is 0 Å². The lowest BCUT2D eigenvalue weighted by atomic mass is 9.82. The van der Waals surface area contributed by atoms with Gasteiger partial charge in [0.25, 0.3) is 0 Å². The smallest absolute Gasteiger partial charge is 0.178 e. The zero-order valence-electron chi connectivity index (χ0n) is 10.7. The molecule has 0 saturated heterocycles. The predicted molar refractivity (Wildman–Crippen MR) is 76.0 cm³/mol. The van der Waals surface area contributed by atoms with Gasteiger partial charge >= 0.3 is 0 Å². The van der Waals surface area contributed by atoms with Gasteiger partial charge in [0, 0.05) is 12.7 Å². The van der Waals surface area contributed by atoms with Gasteiger partial charge in [-0.3, -0.25) is 4.98 Å². The van der Waals surface area contributed by atoms with Gasteiger partial charge in [-0.05, 0) is 43.0 Å². The summed E-state index contributed by atoms with van der Waals surface area (Å²) in [5.41, 5.74) is 2.24. The van der Waals surface area contributed by atoms with E-state index < -0.39 is 0 Å². The summed E-state index contributed by atoms with van der Waals surface area (Å²) in [7, 11) is 0. The lowest BCUT2D eigenvalue weighted by Gasteiger charge is -2.27. The average molecular weight is 261 g/mol. The molecule has 96 valence electrons. The van der Waals surface area contributed by atoms with Crippen molar-refractivity contribution in [3.63, 3.8) is 0 Å². The molecule has 3 rings (SSSR count). The first kappa shape index (κ1) is 11.9. The molecule has 2 unspecified atom stereocenters. The molecule has 2 aromatic rings. The predicted octanol–water partition coefficient (Wildman–Crippen LogP) is 3.92. The third-order valence-corrected chi connectivity index (χ3v) is 4.38. The Balaban J connectivity index is 1.90. The molecular formula is C14H19N3S. The molecular weight excluding hydrogens is 242 g/mol. The number of H-pyrrole nitrogens is 1. The van der Waals surface area contributed by atoms with Crippen LogP contribution in [-0.4, -0.2) is 14.5 Å². The Kier molecular flexibility index (Phi) is 3.20. The van der Waals surface area contributed by atoms with Gasteiger partial charge in [0.1, 0.15) is 0 Å². The number of imidazole rings is 1. The van der Waals surface area contributed by atoms with Crippen molar-refractivity contribution in [2.45, 2.75) is 39.2 Å². The Bertz CT molecular complexity index is 598. The molecule has 0 aliphatic heterocycles. The third-order valence-electron chi connectivity index (χ3n) is 4.06. The van der Waals surface area contributed by atoms with E-state index in [0.717, 1.165) is 28.7 Å². The quantitative estimate of drug-likeness (QED) is 0.831. The van der Waals surface area contributed by atoms with Crippen LogP contribution in [0.5, 0.6) is 0 Å². The minimum atomic E-state index is 0.771. The van der Waals surface area contributed by atoms with Crippen molar-refractivity contribution >= 4 is 23.3 Å². The first-order valence-electron chi connectivity index (χ1n) is 6.76. The average Bonchev–Trinajstić information content (AvgIpc) is 2.66. The van der Waals surface area contributed by atoms with Crippen LogP contribution in [0.2, 0.25) is 0 Å². The number of fused-ring (bicyclic) bond motifs is 1. The van der Waals surface area contributed by atoms with Gasteiger partial charge in [-0.15, -0.1) is 0 Å². The SMILES string of the molecule is CC1CCCC(Cn2c(=S)[nH]c3cnccc32)C1. The molecule has 2 atom stereocenters. The van der Waals surface area contributed by atoms with Crippen molar-refractivity contribution in [1.82, 2.24) is 14.5 Å². The van der Waals surface area contributed by atoms with Gasteiger partial charge < -0.3 is 9.55 Å². The molecule has 0 aromatic carbocycles. The van der Waals surface area contributed by atoms with E-state index in [9.17, 15) is 0 Å². The Labute approximate surface area is 112 Å². The van der Waals surface area contributed by atoms with E-state index in [1.54, 1.807) is 0 Å². The van der Waals surface area contributed by atoms with Gasteiger partial charge in [-0.1, -0.05) is 19.8 Å². The van der Waals surface area contributed by atoms with Crippen LogP contribution >= 0.6 is 12.2 Å². The molecule has 4 heteroatoms. The molecule has 18 heavy (non-hydrogen) atoms. The zero-order valence-corrected chi connectivity index (χ0v) is 11.5. The highest BCUT2D eigenvalue weighted by Gasteiger charge is 2.20. The molecule has 0 amide bonds. The topological polar surface area (TPSA) is 33.6 Å². The fraction of sp³-hybridized carbons (Fsp3) is 0.571. The highest BCUT2D eigenvalue weighted by Crippen LogP contribution is 2.30. The standard InChI is InChI=1S/C14H19N3S/c1-10-3-2-4-11(7-10)9-17-13-5-6-15-8-12(13)16-14(17)18/h5-6,8,10-11H,2-4,7,9H2,1H3,(H,16,18). The Morgan fingerprint density at radius 1 is 1.50 bits per heavy atom. The number of nitrogens with one attached hydrogen (secondary N) is 1. The Morgan fingerprint density at radius 3 is 3.22 bits per heavy atom. The molecule has 0 bridgehead atoms. The maximum absolute atomic E-state index is 5.43. The molecule has 3 nitrogen and oxygen atoms in total. The molecule has 1 saturated carbocycles. The van der Waals surface area contributed by atoms with E-state index in [0.29, 0.717) is 0 Å². The second-order valence-electron chi connectivity index (χ2n) is 5.57. The van der Waals surface area contributed by atoms with Crippen LogP contribution < -0.4 is 0 Å². The molecule has 2 aromatic heterocycles. The summed E-state index contributed by atoms with van der Waals surface area (Å²) in [4.78, 5) is 7.38. The van der Waals surface area contributed by atoms with Gasteiger partial charge in [0.15, 0.2) is 4.77 Å². The molecule has 0 spiro atoms. The highest BCUT2D eigenvalue weighted by molar-refractivity contribution is 7.71. The molecule has 1 fully saturated rings. The number of aromatic nitrogens is 3. The lowest BCUT2D eigenvalue weighted by molar-refractivity contribution is 0.258. The maximum atomic E-state index is 5.43. The number of aromatic amines is 1. The monoisotopic (exact) mass is 261 g/mol. The summed E-state index contributed by atoms with van der Waals surface area (Å²) in [5, 5.41) is 0. The normalized spacial score (nSPS) is 24.5. The number of hydrogen-bond donors (Lipinski definition) is 1. The van der Waals surface area contributed by atoms with E-state index in [-0.39, 0.29) is 0 Å². The van der Waals surface area contributed by atoms with Crippen molar-refractivity contribution in [3.8, 4) is 0 Å². The Morgan fingerprint density at radius 2 is 2.39 bits per heavy atom. The number of pyridine rings is 1. The minimum Gasteiger partial charge on any atom is -0.329 e. The third kappa shape index (κ3) is 2.21. The van der Waals surface area contributed by atoms with E-state index >= 15 is 0 Å². The second-order valence-corrected chi connectivity index (χ2v) is 5.96. The van der Waals surface area contributed by atoms with Gasteiger partial charge in [0.2, 0.25) is 0 Å². The van der Waals surface area contributed by atoms with Crippen LogP contribution in [0.25, 0.3) is 11.0 Å². The number of hydrogen-bond acceptors (Lipinski definition) is 2. The molecule has 2 heterocycles. The van der Waals surface area contributed by atoms with Crippen molar-refractivity contribution in [1.29, 1.82) is 0 Å². The fourth-order valence-corrected chi connectivity index (χ4v) is 3.46. The summed E-state index contributed by atoms with van der Waals surface area (Å²) in [5.74, 6) is 1.64. The first-order chi connectivity index (χ1) is 8.74. The van der Waals surface area contributed by atoms with Gasteiger partial charge in [-0.2, -0.15) is 0 Å². The highest BCUT2D eigenvalue weighted by atomic mass is 32.1. The van der Waals surface area contributed by atoms with Crippen molar-refractivity contribution < 1.29 is 0 Å². The number of nitrogens with zero attached hydrogens (tertiary/aromatic N) is 2. The van der Waals surface area contributed by atoms with E-state index in [2.05, 4.69) is 21.5 Å². The summed E-state index contributed by atoms with van der Waals surface area (Å²) in [6.45, 7) is 3.41. The minimum absolute atomic E-state index is 0.771. The van der Waals surface area contributed by atoms with E-state index in [4.69, 9.17) is 12.2 Å². The summed E-state index contributed by atoms with van der Waals surface area (Å²) in [6.07, 6.45) is 9.11. The van der Waals surface area contributed by atoms with E-state index in [1.807, 2.05) is 18.5 Å². The molecule has 1 N–H and O–H groups in total. The lowest BCUT2D eigenvalue weighted by Crippen LogP contribution is -2.18. The van der Waals surface area contributed by atoms with Crippen LogP contribution in [0.4, 0.5) is 0 Å².